The van der Waals surface area contributed by atoms with E-state index >= 15 is 0 Å². The van der Waals surface area contributed by atoms with E-state index in [9.17, 15) is 30.6 Å². The molecule has 0 spiro atoms. The first-order valence-corrected chi connectivity index (χ1v) is 7.04. The number of hydrogen-bond donors (Lipinski definition) is 11. The summed E-state index contributed by atoms with van der Waals surface area (Å²) in [4.78, 5) is 0. The fraction of sp³-hybridized carbons (Fsp3) is 1.00. The van der Waals surface area contributed by atoms with Crippen LogP contribution in [-0.2, 0) is 0 Å². The monoisotopic (exact) mass is 345 g/mol. The van der Waals surface area contributed by atoms with E-state index in [1.54, 1.807) is 0 Å². The quantitative estimate of drug-likeness (QED) is 0.160. The molecule has 11 N–H and O–H groups in total. The minimum absolute atomic E-state index is 0.348. The van der Waals surface area contributed by atoms with Gasteiger partial charge in [0.05, 0.1) is 25.4 Å². The van der Waals surface area contributed by atoms with Crippen molar-refractivity contribution in [3.05, 3.63) is 0 Å². The second-order valence-corrected chi connectivity index (χ2v) is 5.26. The molecule has 0 heterocycles. The molecule has 8 atom stereocenters. The van der Waals surface area contributed by atoms with Crippen molar-refractivity contribution < 1.29 is 51.1 Å². The molecule has 0 bridgehead atoms. The van der Waals surface area contributed by atoms with Gasteiger partial charge in [-0.15, -0.1) is 0 Å². The third kappa shape index (κ3) is 7.32. The van der Waals surface area contributed by atoms with E-state index in [-0.39, 0.29) is 13.1 Å². The Bertz CT molecular complexity index is 282. The van der Waals surface area contributed by atoms with E-state index < -0.39 is 62.0 Å². The van der Waals surface area contributed by atoms with E-state index in [0.29, 0.717) is 0 Å². The summed E-state index contributed by atoms with van der Waals surface area (Å²) in [5.74, 6) is 0. The molecule has 8 unspecified atom stereocenters. The van der Waals surface area contributed by atoms with Gasteiger partial charge in [-0.2, -0.15) is 0 Å². The van der Waals surface area contributed by atoms with Gasteiger partial charge in [-0.1, -0.05) is 0 Å². The van der Waals surface area contributed by atoms with Crippen LogP contribution in [0.4, 0.5) is 0 Å². The third-order valence-corrected chi connectivity index (χ3v) is 3.36. The third-order valence-electron chi connectivity index (χ3n) is 3.36. The van der Waals surface area contributed by atoms with Gasteiger partial charge in [0.25, 0.3) is 0 Å². The van der Waals surface area contributed by atoms with Crippen LogP contribution in [0, 0.1) is 0 Å². The van der Waals surface area contributed by atoms with Crippen LogP contribution in [0.1, 0.15) is 0 Å². The van der Waals surface area contributed by atoms with Crippen molar-refractivity contribution in [3.8, 4) is 0 Å². The summed E-state index contributed by atoms with van der Waals surface area (Å²) in [6.07, 6.45) is -13.5. The minimum Gasteiger partial charge on any atom is -0.394 e. The largest absolute Gasteiger partial charge is 0.394 e. The molecule has 11 nitrogen and oxygen atoms in total. The maximum absolute atomic E-state index is 9.59. The van der Waals surface area contributed by atoms with Crippen LogP contribution in [0.3, 0.4) is 0 Å². The van der Waals surface area contributed by atoms with E-state index in [1.807, 2.05) is 0 Å². The zero-order chi connectivity index (χ0) is 18.2. The average molecular weight is 345 g/mol. The van der Waals surface area contributed by atoms with Crippen molar-refractivity contribution in [1.29, 1.82) is 0 Å². The van der Waals surface area contributed by atoms with Crippen molar-refractivity contribution in [2.24, 2.45) is 0 Å². The van der Waals surface area contributed by atoms with Crippen LogP contribution in [-0.4, -0.2) is 126 Å². The van der Waals surface area contributed by atoms with Gasteiger partial charge < -0.3 is 56.4 Å². The molecule has 0 aliphatic heterocycles. The molecule has 23 heavy (non-hydrogen) atoms. The Morgan fingerprint density at radius 3 is 1.00 bits per heavy atom. The number of rotatable bonds is 12. The Kier molecular flexibility index (Phi) is 11.0. The summed E-state index contributed by atoms with van der Waals surface area (Å²) >= 11 is 0. The normalized spacial score (nSPS) is 22.7. The summed E-state index contributed by atoms with van der Waals surface area (Å²) in [5, 5.41) is 95.0. The molecule has 0 aliphatic carbocycles. The topological polar surface area (TPSA) is 214 Å². The Morgan fingerprint density at radius 2 is 0.739 bits per heavy atom. The summed E-state index contributed by atoms with van der Waals surface area (Å²) in [7, 11) is 0. The molecule has 140 valence electrons. The predicted molar refractivity (Wildman–Crippen MR) is 75.1 cm³/mol. The second kappa shape index (κ2) is 11.2. The van der Waals surface area contributed by atoms with Crippen molar-refractivity contribution >= 4 is 0 Å². The lowest BCUT2D eigenvalue weighted by molar-refractivity contribution is -0.119. The van der Waals surface area contributed by atoms with Gasteiger partial charge in [0.15, 0.2) is 0 Å². The molecule has 0 amide bonds. The van der Waals surface area contributed by atoms with Gasteiger partial charge in [0, 0.05) is 13.1 Å². The first-order chi connectivity index (χ1) is 10.7. The van der Waals surface area contributed by atoms with Gasteiger partial charge in [-0.25, -0.2) is 0 Å². The lowest BCUT2D eigenvalue weighted by Gasteiger charge is -2.28. The molecule has 0 aromatic rings. The first kappa shape index (κ1) is 22.6. The molecule has 0 aliphatic rings. The van der Waals surface area contributed by atoms with Crippen LogP contribution < -0.4 is 5.32 Å². The number of aliphatic hydroxyl groups excluding tert-OH is 10. The van der Waals surface area contributed by atoms with E-state index in [4.69, 9.17) is 20.4 Å². The van der Waals surface area contributed by atoms with E-state index in [0.717, 1.165) is 0 Å². The van der Waals surface area contributed by atoms with Crippen LogP contribution in [0.2, 0.25) is 0 Å². The van der Waals surface area contributed by atoms with Crippen LogP contribution in [0.25, 0.3) is 0 Å². The lowest BCUT2D eigenvalue weighted by atomic mass is 10.0. The molecule has 0 saturated heterocycles. The van der Waals surface area contributed by atoms with Crippen LogP contribution >= 0.6 is 0 Å². The number of aliphatic hydroxyl groups is 10. The minimum atomic E-state index is -1.78. The molecule has 0 radical (unpaired) electrons. The van der Waals surface area contributed by atoms with Crippen molar-refractivity contribution in [3.63, 3.8) is 0 Å². The predicted octanol–water partition coefficient (Wildman–Crippen LogP) is -6.55. The van der Waals surface area contributed by atoms with Crippen LogP contribution in [0.15, 0.2) is 0 Å². The van der Waals surface area contributed by atoms with Crippen molar-refractivity contribution in [2.75, 3.05) is 26.3 Å². The smallest absolute Gasteiger partial charge is 0.111 e. The number of nitrogens with one attached hydrogen (secondary N) is 1. The zero-order valence-electron chi connectivity index (χ0n) is 12.4. The molecular formula is C12H27NO10. The maximum Gasteiger partial charge on any atom is 0.111 e. The first-order valence-electron chi connectivity index (χ1n) is 7.04. The van der Waals surface area contributed by atoms with Gasteiger partial charge >= 0.3 is 0 Å². The fourth-order valence-electron chi connectivity index (χ4n) is 1.75. The SMILES string of the molecule is OCC(O)C(O)C(O)C(O)CNCC(O)C(O)C(O)C(O)CO. The Labute approximate surface area is 132 Å². The molecule has 0 rings (SSSR count). The fourth-order valence-corrected chi connectivity index (χ4v) is 1.75. The molecule has 11 heteroatoms. The number of hydrogen-bond acceptors (Lipinski definition) is 11. The lowest BCUT2D eigenvalue weighted by Crippen LogP contribution is -2.52. The van der Waals surface area contributed by atoms with Crippen LogP contribution in [0.5, 0.6) is 0 Å². The molecule has 0 saturated carbocycles. The molecular weight excluding hydrogens is 318 g/mol. The van der Waals surface area contributed by atoms with Gasteiger partial charge in [0.1, 0.15) is 36.6 Å². The Morgan fingerprint density at radius 1 is 0.478 bits per heavy atom. The highest BCUT2D eigenvalue weighted by atomic mass is 16.4. The van der Waals surface area contributed by atoms with E-state index in [1.165, 1.54) is 0 Å². The average Bonchev–Trinajstić information content (AvgIpc) is 2.56. The zero-order valence-corrected chi connectivity index (χ0v) is 12.4. The van der Waals surface area contributed by atoms with Gasteiger partial charge in [0.2, 0.25) is 0 Å². The van der Waals surface area contributed by atoms with Gasteiger partial charge in [-0.3, -0.25) is 0 Å². The highest BCUT2D eigenvalue weighted by Gasteiger charge is 2.31. The Hall–Kier alpha value is -0.440. The van der Waals surface area contributed by atoms with E-state index in [2.05, 4.69) is 5.32 Å². The Balaban J connectivity index is 4.22. The molecule has 0 fully saturated rings. The molecule has 0 aromatic heterocycles. The van der Waals surface area contributed by atoms with Crippen molar-refractivity contribution in [2.45, 2.75) is 48.8 Å². The summed E-state index contributed by atoms with van der Waals surface area (Å²) in [6, 6.07) is 0. The van der Waals surface area contributed by atoms with Gasteiger partial charge in [-0.05, 0) is 0 Å². The highest BCUT2D eigenvalue weighted by Crippen LogP contribution is 2.06. The highest BCUT2D eigenvalue weighted by molar-refractivity contribution is 4.84. The second-order valence-electron chi connectivity index (χ2n) is 5.26. The standard InChI is InChI=1S/C12H27NO10/c14-3-7(18)11(22)9(20)5(16)1-13-2-6(17)10(21)12(23)8(19)4-15/h5-23H,1-4H2. The summed E-state index contributed by atoms with van der Waals surface area (Å²) in [6.45, 7) is -2.32. The van der Waals surface area contributed by atoms with Crippen molar-refractivity contribution in [1.82, 2.24) is 5.32 Å². The summed E-state index contributed by atoms with van der Waals surface area (Å²) < 4.78 is 0. The molecule has 0 aromatic carbocycles. The maximum atomic E-state index is 9.59. The summed E-state index contributed by atoms with van der Waals surface area (Å²) in [5.41, 5.74) is 0.